The van der Waals surface area contributed by atoms with Crippen molar-refractivity contribution in [3.05, 3.63) is 75.9 Å². The fourth-order valence-electron chi connectivity index (χ4n) is 2.80. The SMILES string of the molecule is Cc1ccc(NC(=O)Cc2nc(COC(=O)c3n[nH]c4ccccc34)cs2)cc1. The molecular formula is C21H18N4O3S. The number of benzene rings is 2. The fraction of sp³-hybridized carbons (Fsp3) is 0.143. The molecule has 0 radical (unpaired) electrons. The van der Waals surface area contributed by atoms with E-state index < -0.39 is 5.97 Å². The summed E-state index contributed by atoms with van der Waals surface area (Å²) in [6, 6.07) is 14.9. The number of hydrogen-bond donors (Lipinski definition) is 2. The Morgan fingerprint density at radius 3 is 2.76 bits per heavy atom. The van der Waals surface area contributed by atoms with E-state index in [1.165, 1.54) is 11.3 Å². The number of aromatic nitrogens is 3. The van der Waals surface area contributed by atoms with Crippen molar-refractivity contribution in [3.8, 4) is 0 Å². The maximum atomic E-state index is 12.3. The molecule has 4 rings (SSSR count). The molecule has 2 heterocycles. The lowest BCUT2D eigenvalue weighted by molar-refractivity contribution is -0.115. The third kappa shape index (κ3) is 4.49. The lowest BCUT2D eigenvalue weighted by Gasteiger charge is -2.04. The van der Waals surface area contributed by atoms with E-state index in [-0.39, 0.29) is 24.6 Å². The monoisotopic (exact) mass is 406 g/mol. The number of fused-ring (bicyclic) bond motifs is 1. The number of nitrogens with one attached hydrogen (secondary N) is 2. The molecule has 0 bridgehead atoms. The van der Waals surface area contributed by atoms with E-state index >= 15 is 0 Å². The van der Waals surface area contributed by atoms with Crippen LogP contribution in [0.4, 0.5) is 5.69 Å². The van der Waals surface area contributed by atoms with Gasteiger partial charge in [0.05, 0.1) is 17.6 Å². The van der Waals surface area contributed by atoms with Gasteiger partial charge in [-0.2, -0.15) is 5.10 Å². The second-order valence-corrected chi connectivity index (χ2v) is 7.46. The van der Waals surface area contributed by atoms with Gasteiger partial charge in [-0.05, 0) is 25.1 Å². The van der Waals surface area contributed by atoms with Crippen LogP contribution in [0.3, 0.4) is 0 Å². The van der Waals surface area contributed by atoms with E-state index in [1.807, 2.05) is 55.5 Å². The molecule has 0 spiro atoms. The number of H-pyrrole nitrogens is 1. The van der Waals surface area contributed by atoms with Crippen molar-refractivity contribution in [2.75, 3.05) is 5.32 Å². The highest BCUT2D eigenvalue weighted by molar-refractivity contribution is 7.09. The van der Waals surface area contributed by atoms with Crippen molar-refractivity contribution >= 4 is 39.8 Å². The van der Waals surface area contributed by atoms with E-state index in [4.69, 9.17) is 4.74 Å². The number of anilines is 1. The van der Waals surface area contributed by atoms with Gasteiger partial charge in [0.1, 0.15) is 11.6 Å². The minimum absolute atomic E-state index is 0.0239. The molecule has 4 aromatic rings. The number of aryl methyl sites for hydroxylation is 1. The lowest BCUT2D eigenvalue weighted by Crippen LogP contribution is -2.14. The number of ether oxygens (including phenoxy) is 1. The highest BCUT2D eigenvalue weighted by atomic mass is 32.1. The Bertz CT molecular complexity index is 1160. The van der Waals surface area contributed by atoms with Crippen LogP contribution in [0.2, 0.25) is 0 Å². The average Bonchev–Trinajstić information content (AvgIpc) is 3.35. The van der Waals surface area contributed by atoms with Gasteiger partial charge in [-0.15, -0.1) is 11.3 Å². The predicted molar refractivity (Wildman–Crippen MR) is 111 cm³/mol. The van der Waals surface area contributed by atoms with Gasteiger partial charge in [-0.25, -0.2) is 9.78 Å². The van der Waals surface area contributed by atoms with Gasteiger partial charge >= 0.3 is 5.97 Å². The van der Waals surface area contributed by atoms with Gasteiger partial charge in [0.15, 0.2) is 5.69 Å². The van der Waals surface area contributed by atoms with Crippen molar-refractivity contribution in [2.24, 2.45) is 0 Å². The average molecular weight is 406 g/mol. The van der Waals surface area contributed by atoms with Gasteiger partial charge in [0.25, 0.3) is 0 Å². The van der Waals surface area contributed by atoms with Gasteiger partial charge in [-0.1, -0.05) is 35.9 Å². The molecular weight excluding hydrogens is 388 g/mol. The minimum atomic E-state index is -0.519. The molecule has 0 aliphatic heterocycles. The molecule has 0 aliphatic rings. The molecule has 0 saturated carbocycles. The third-order valence-electron chi connectivity index (χ3n) is 4.26. The molecule has 1 amide bonds. The first kappa shape index (κ1) is 18.8. The van der Waals surface area contributed by atoms with Crippen molar-refractivity contribution in [3.63, 3.8) is 0 Å². The van der Waals surface area contributed by atoms with Crippen LogP contribution in [0, 0.1) is 6.92 Å². The molecule has 2 aromatic carbocycles. The van der Waals surface area contributed by atoms with Gasteiger partial charge in [0.2, 0.25) is 5.91 Å². The zero-order valence-corrected chi connectivity index (χ0v) is 16.5. The van der Waals surface area contributed by atoms with Gasteiger partial charge < -0.3 is 10.1 Å². The lowest BCUT2D eigenvalue weighted by atomic mass is 10.2. The number of nitrogens with zero attached hydrogens (tertiary/aromatic N) is 2. The van der Waals surface area contributed by atoms with Crippen molar-refractivity contribution in [1.29, 1.82) is 0 Å². The van der Waals surface area contributed by atoms with E-state index in [9.17, 15) is 9.59 Å². The Labute approximate surface area is 170 Å². The molecule has 2 aromatic heterocycles. The molecule has 7 nitrogen and oxygen atoms in total. The van der Waals surface area contributed by atoms with E-state index in [0.29, 0.717) is 16.1 Å². The second-order valence-electron chi connectivity index (χ2n) is 6.52. The molecule has 146 valence electrons. The predicted octanol–water partition coefficient (Wildman–Crippen LogP) is 3.87. The molecule has 8 heteroatoms. The van der Waals surface area contributed by atoms with Crippen LogP contribution in [0.15, 0.2) is 53.9 Å². The van der Waals surface area contributed by atoms with Crippen LogP contribution in [0.5, 0.6) is 0 Å². The first-order valence-electron chi connectivity index (χ1n) is 8.98. The summed E-state index contributed by atoms with van der Waals surface area (Å²) in [6.07, 6.45) is 0.163. The Morgan fingerprint density at radius 1 is 1.14 bits per heavy atom. The summed E-state index contributed by atoms with van der Waals surface area (Å²) in [5.41, 5.74) is 3.49. The molecule has 0 atom stereocenters. The maximum absolute atomic E-state index is 12.3. The number of carbonyl (C=O) groups is 2. The number of aromatic amines is 1. The van der Waals surface area contributed by atoms with E-state index in [2.05, 4.69) is 20.5 Å². The van der Waals surface area contributed by atoms with Gasteiger partial charge in [0, 0.05) is 16.5 Å². The standard InChI is InChI=1S/C21H18N4O3S/c1-13-6-8-14(9-7-13)22-18(26)10-19-23-15(12-29-19)11-28-21(27)20-16-4-2-3-5-17(16)24-25-20/h2-9,12H,10-11H2,1H3,(H,22,26)(H,24,25). The first-order chi connectivity index (χ1) is 14.1. The van der Waals surface area contributed by atoms with Gasteiger partial charge in [-0.3, -0.25) is 9.89 Å². The van der Waals surface area contributed by atoms with E-state index in [1.54, 1.807) is 5.38 Å². The van der Waals surface area contributed by atoms with Crippen molar-refractivity contribution in [2.45, 2.75) is 20.0 Å². The topological polar surface area (TPSA) is 97.0 Å². The van der Waals surface area contributed by atoms with Crippen LogP contribution in [0.25, 0.3) is 10.9 Å². The van der Waals surface area contributed by atoms with Crippen molar-refractivity contribution < 1.29 is 14.3 Å². The van der Waals surface area contributed by atoms with Crippen LogP contribution in [-0.2, 0) is 22.6 Å². The fourth-order valence-corrected chi connectivity index (χ4v) is 3.58. The summed E-state index contributed by atoms with van der Waals surface area (Å²) in [6.45, 7) is 2.01. The molecule has 29 heavy (non-hydrogen) atoms. The molecule has 0 saturated heterocycles. The summed E-state index contributed by atoms with van der Waals surface area (Å²) < 4.78 is 5.33. The van der Waals surface area contributed by atoms with Crippen LogP contribution >= 0.6 is 11.3 Å². The Morgan fingerprint density at radius 2 is 1.93 bits per heavy atom. The first-order valence-corrected chi connectivity index (χ1v) is 9.86. The highest BCUT2D eigenvalue weighted by Crippen LogP contribution is 2.18. The molecule has 2 N–H and O–H groups in total. The smallest absolute Gasteiger partial charge is 0.359 e. The summed E-state index contributed by atoms with van der Waals surface area (Å²) in [5.74, 6) is -0.663. The maximum Gasteiger partial charge on any atom is 0.359 e. The number of para-hydroxylation sites is 1. The molecule has 0 unspecified atom stereocenters. The Balaban J connectivity index is 1.32. The number of amides is 1. The number of carbonyl (C=O) groups excluding carboxylic acids is 2. The Kier molecular flexibility index (Phi) is 5.35. The summed E-state index contributed by atoms with van der Waals surface area (Å²) in [5, 5.41) is 12.8. The Hall–Kier alpha value is -3.52. The molecule has 0 aliphatic carbocycles. The van der Waals surface area contributed by atoms with Crippen LogP contribution in [0.1, 0.15) is 26.8 Å². The zero-order valence-electron chi connectivity index (χ0n) is 15.6. The number of rotatable bonds is 6. The number of hydrogen-bond acceptors (Lipinski definition) is 6. The number of thiazole rings is 1. The zero-order chi connectivity index (χ0) is 20.2. The summed E-state index contributed by atoms with van der Waals surface area (Å²) >= 11 is 1.36. The van der Waals surface area contributed by atoms with Crippen LogP contribution in [-0.4, -0.2) is 27.1 Å². The second kappa shape index (κ2) is 8.24. The number of esters is 1. The summed E-state index contributed by atoms with van der Waals surface area (Å²) in [4.78, 5) is 28.9. The largest absolute Gasteiger partial charge is 0.454 e. The van der Waals surface area contributed by atoms with Crippen molar-refractivity contribution in [1.82, 2.24) is 15.2 Å². The highest BCUT2D eigenvalue weighted by Gasteiger charge is 2.16. The minimum Gasteiger partial charge on any atom is -0.454 e. The van der Waals surface area contributed by atoms with Crippen LogP contribution < -0.4 is 5.32 Å². The van der Waals surface area contributed by atoms with E-state index in [0.717, 1.165) is 16.8 Å². The molecule has 0 fully saturated rings. The summed E-state index contributed by atoms with van der Waals surface area (Å²) in [7, 11) is 0. The quantitative estimate of drug-likeness (QED) is 0.474. The normalized spacial score (nSPS) is 10.8. The third-order valence-corrected chi connectivity index (χ3v) is 5.16.